The van der Waals surface area contributed by atoms with E-state index in [-0.39, 0.29) is 0 Å². The number of hydrogen-bond acceptors (Lipinski definition) is 5. The van der Waals surface area contributed by atoms with E-state index in [4.69, 9.17) is 24.9 Å². The maximum Gasteiger partial charge on any atom is 0.164 e. The van der Waals surface area contributed by atoms with Crippen molar-refractivity contribution in [1.29, 1.82) is 0 Å². The van der Waals surface area contributed by atoms with Crippen LogP contribution in [0.1, 0.15) is 0 Å². The Labute approximate surface area is 305 Å². The number of hydrogen-bond donors (Lipinski definition) is 0. The molecule has 0 aliphatic carbocycles. The zero-order valence-electron chi connectivity index (χ0n) is 28.5. The molecule has 6 heteroatoms. The number of para-hydroxylation sites is 1. The van der Waals surface area contributed by atoms with Gasteiger partial charge in [-0.2, -0.15) is 0 Å². The molecule has 10 aromatic rings. The Balaban J connectivity index is 1.14. The van der Waals surface area contributed by atoms with Crippen LogP contribution in [-0.4, -0.2) is 29.3 Å². The lowest BCUT2D eigenvalue weighted by molar-refractivity contribution is 1.07. The smallest absolute Gasteiger partial charge is 0.164 e. The fourth-order valence-corrected chi connectivity index (χ4v) is 7.08. The first-order chi connectivity index (χ1) is 26.3. The van der Waals surface area contributed by atoms with Crippen LogP contribution in [0.15, 0.2) is 182 Å². The number of nitrogens with zero attached hydrogens (tertiary/aromatic N) is 6. The second kappa shape index (κ2) is 12.8. The van der Waals surface area contributed by atoms with Gasteiger partial charge in [0.25, 0.3) is 0 Å². The van der Waals surface area contributed by atoms with Gasteiger partial charge in [0, 0.05) is 61.9 Å². The van der Waals surface area contributed by atoms with Crippen molar-refractivity contribution in [1.82, 2.24) is 29.3 Å². The molecule has 248 valence electrons. The van der Waals surface area contributed by atoms with Gasteiger partial charge in [-0.05, 0) is 11.6 Å². The fraction of sp³-hybridized carbons (Fsp3) is 0. The minimum absolute atomic E-state index is 0.619. The Bertz CT molecular complexity index is 2850. The van der Waals surface area contributed by atoms with E-state index in [9.17, 15) is 0 Å². The van der Waals surface area contributed by atoms with Gasteiger partial charge in [-0.15, -0.1) is 0 Å². The van der Waals surface area contributed by atoms with Crippen LogP contribution in [0.2, 0.25) is 0 Å². The van der Waals surface area contributed by atoms with Crippen LogP contribution in [0.25, 0.3) is 95.1 Å². The van der Waals surface area contributed by atoms with Gasteiger partial charge in [0.2, 0.25) is 0 Å². The topological polar surface area (TPSA) is 68.9 Å². The predicted octanol–water partition coefficient (Wildman–Crippen LogP) is 11.2. The summed E-state index contributed by atoms with van der Waals surface area (Å²) in [6.07, 6.45) is 4.20. The van der Waals surface area contributed by atoms with Crippen LogP contribution in [0.5, 0.6) is 0 Å². The van der Waals surface area contributed by atoms with Gasteiger partial charge in [-0.3, -0.25) is 0 Å². The minimum Gasteiger partial charge on any atom is -0.306 e. The molecule has 0 spiro atoms. The molecule has 0 aliphatic heterocycles. The molecule has 53 heavy (non-hydrogen) atoms. The van der Waals surface area contributed by atoms with Gasteiger partial charge in [0.05, 0.1) is 16.9 Å². The molecule has 10 rings (SSSR count). The summed E-state index contributed by atoms with van der Waals surface area (Å²) in [5, 5.41) is 3.19. The van der Waals surface area contributed by atoms with Gasteiger partial charge >= 0.3 is 0 Å². The first kappa shape index (κ1) is 30.5. The quantitative estimate of drug-likeness (QED) is 0.164. The monoisotopic (exact) mass is 678 g/mol. The number of fused-ring (bicyclic) bond motifs is 5. The molecule has 0 saturated heterocycles. The number of benzene rings is 6. The van der Waals surface area contributed by atoms with E-state index in [2.05, 4.69) is 102 Å². The number of pyridine rings is 2. The maximum atomic E-state index is 5.42. The zero-order chi connectivity index (χ0) is 35.1. The molecule has 0 aliphatic rings. The van der Waals surface area contributed by atoms with Gasteiger partial charge in [0.15, 0.2) is 17.5 Å². The highest BCUT2D eigenvalue weighted by atomic mass is 15.0. The van der Waals surface area contributed by atoms with Crippen molar-refractivity contribution in [2.75, 3.05) is 0 Å². The Kier molecular flexibility index (Phi) is 7.36. The summed E-state index contributed by atoms with van der Waals surface area (Å²) < 4.78 is 2.13. The second-order valence-corrected chi connectivity index (χ2v) is 13.0. The van der Waals surface area contributed by atoms with Crippen LogP contribution in [-0.2, 0) is 0 Å². The van der Waals surface area contributed by atoms with Gasteiger partial charge in [-0.25, -0.2) is 24.9 Å². The highest BCUT2D eigenvalue weighted by Crippen LogP contribution is 2.39. The van der Waals surface area contributed by atoms with Crippen LogP contribution in [0, 0.1) is 0 Å². The Morgan fingerprint density at radius 2 is 0.868 bits per heavy atom. The van der Waals surface area contributed by atoms with E-state index in [1.807, 2.05) is 84.9 Å². The van der Waals surface area contributed by atoms with Crippen LogP contribution >= 0.6 is 0 Å². The average Bonchev–Trinajstić information content (AvgIpc) is 3.69. The van der Waals surface area contributed by atoms with Crippen molar-refractivity contribution in [3.63, 3.8) is 0 Å². The fourth-order valence-electron chi connectivity index (χ4n) is 7.08. The highest BCUT2D eigenvalue weighted by molar-refractivity contribution is 6.19. The Morgan fingerprint density at radius 1 is 0.358 bits per heavy atom. The van der Waals surface area contributed by atoms with Gasteiger partial charge < -0.3 is 4.40 Å². The predicted molar refractivity (Wildman–Crippen MR) is 214 cm³/mol. The van der Waals surface area contributed by atoms with E-state index in [0.29, 0.717) is 17.5 Å². The molecule has 0 bridgehead atoms. The van der Waals surface area contributed by atoms with Crippen LogP contribution in [0.3, 0.4) is 0 Å². The molecule has 4 aromatic heterocycles. The van der Waals surface area contributed by atoms with E-state index < -0.39 is 0 Å². The second-order valence-electron chi connectivity index (χ2n) is 13.0. The number of rotatable bonds is 6. The molecule has 0 saturated carbocycles. The van der Waals surface area contributed by atoms with Crippen molar-refractivity contribution in [2.24, 2.45) is 0 Å². The number of aromatic nitrogens is 6. The summed E-state index contributed by atoms with van der Waals surface area (Å²) in [5.74, 6) is 1.89. The van der Waals surface area contributed by atoms with Crippen molar-refractivity contribution >= 4 is 27.3 Å². The molecular weight excluding hydrogens is 649 g/mol. The third kappa shape index (κ3) is 5.50. The molecule has 0 N–H and O–H groups in total. The minimum atomic E-state index is 0.619. The average molecular weight is 679 g/mol. The van der Waals surface area contributed by atoms with Crippen molar-refractivity contribution in [3.8, 4) is 67.8 Å². The molecule has 6 aromatic carbocycles. The van der Waals surface area contributed by atoms with Crippen LogP contribution < -0.4 is 0 Å². The summed E-state index contributed by atoms with van der Waals surface area (Å²) >= 11 is 0. The lowest BCUT2D eigenvalue weighted by Gasteiger charge is -2.14. The lowest BCUT2D eigenvalue weighted by Crippen LogP contribution is -2.00. The summed E-state index contributed by atoms with van der Waals surface area (Å²) in [6, 6.07) is 57.9. The molecule has 0 atom stereocenters. The molecule has 0 radical (unpaired) electrons. The van der Waals surface area contributed by atoms with E-state index in [1.165, 1.54) is 0 Å². The third-order valence-corrected chi connectivity index (χ3v) is 9.68. The van der Waals surface area contributed by atoms with Gasteiger partial charge in [-0.1, -0.05) is 164 Å². The largest absolute Gasteiger partial charge is 0.306 e. The lowest BCUT2D eigenvalue weighted by atomic mass is 9.96. The summed E-state index contributed by atoms with van der Waals surface area (Å²) in [7, 11) is 0. The van der Waals surface area contributed by atoms with Gasteiger partial charge in [0.1, 0.15) is 5.65 Å². The Morgan fingerprint density at radius 3 is 1.45 bits per heavy atom. The van der Waals surface area contributed by atoms with E-state index >= 15 is 0 Å². The van der Waals surface area contributed by atoms with Crippen molar-refractivity contribution < 1.29 is 0 Å². The molecule has 0 fully saturated rings. The SMILES string of the molecule is c1ccc(-c2cn3ccc4c(-c5ccccc5)nc5c(-c6ccc(-c7nc(-c8ccccc8)nc(-c8ccccc8)n7)cc6)cccc5c4c3n2)cc1. The first-order valence-corrected chi connectivity index (χ1v) is 17.6. The van der Waals surface area contributed by atoms with Crippen molar-refractivity contribution in [3.05, 3.63) is 182 Å². The summed E-state index contributed by atoms with van der Waals surface area (Å²) in [4.78, 5) is 25.4. The molecule has 6 nitrogen and oxygen atoms in total. The molecule has 0 amide bonds. The van der Waals surface area contributed by atoms with Crippen molar-refractivity contribution in [2.45, 2.75) is 0 Å². The zero-order valence-corrected chi connectivity index (χ0v) is 28.5. The van der Waals surface area contributed by atoms with Crippen LogP contribution in [0.4, 0.5) is 0 Å². The highest BCUT2D eigenvalue weighted by Gasteiger charge is 2.19. The summed E-state index contributed by atoms with van der Waals surface area (Å²) in [5.41, 5.74) is 10.7. The standard InChI is InChI=1S/C47H30N6/c1-5-14-32(15-6-1)40-30-53-29-28-39-41(47(53)48-40)38-23-13-22-37(43(38)49-42(39)33-16-7-2-8-17-33)31-24-26-36(27-25-31)46-51-44(34-18-9-3-10-19-34)50-45(52-46)35-20-11-4-12-21-35/h1-30H. The molecule has 4 heterocycles. The first-order valence-electron chi connectivity index (χ1n) is 17.6. The Hall–Kier alpha value is -7.31. The molecular formula is C47H30N6. The normalized spacial score (nSPS) is 11.4. The maximum absolute atomic E-state index is 5.42. The number of imidazole rings is 1. The summed E-state index contributed by atoms with van der Waals surface area (Å²) in [6.45, 7) is 0. The third-order valence-electron chi connectivity index (χ3n) is 9.68. The molecule has 0 unspecified atom stereocenters. The van der Waals surface area contributed by atoms with E-state index in [1.54, 1.807) is 0 Å². The van der Waals surface area contributed by atoms with E-state index in [0.717, 1.165) is 77.7 Å².